The Bertz CT molecular complexity index is 431. The third-order valence-corrected chi connectivity index (χ3v) is 3.25. The average molecular weight is 271 g/mol. The van der Waals surface area contributed by atoms with E-state index in [1.807, 2.05) is 18.7 Å². The number of carbonyl (C=O) groups is 1. The monoisotopic (exact) mass is 271 g/mol. The highest BCUT2D eigenvalue weighted by molar-refractivity contribution is 5.69. The van der Waals surface area contributed by atoms with Gasteiger partial charge in [0.1, 0.15) is 11.6 Å². The van der Waals surface area contributed by atoms with E-state index < -0.39 is 23.5 Å². The number of carboxylic acids is 1. The van der Waals surface area contributed by atoms with Crippen LogP contribution in [0.2, 0.25) is 0 Å². The second-order valence-corrected chi connectivity index (χ2v) is 4.71. The lowest BCUT2D eigenvalue weighted by Gasteiger charge is -2.29. The molecule has 2 unspecified atom stereocenters. The van der Waals surface area contributed by atoms with Crippen molar-refractivity contribution in [3.8, 4) is 0 Å². The fourth-order valence-electron chi connectivity index (χ4n) is 2.02. The van der Waals surface area contributed by atoms with Crippen LogP contribution >= 0.6 is 0 Å². The predicted molar refractivity (Wildman–Crippen MR) is 68.8 cm³/mol. The first-order valence-electron chi connectivity index (χ1n) is 6.28. The molecule has 1 rings (SSSR count). The number of carboxylic acid groups (broad SMARTS) is 1. The van der Waals surface area contributed by atoms with E-state index in [9.17, 15) is 13.6 Å². The van der Waals surface area contributed by atoms with Gasteiger partial charge >= 0.3 is 5.97 Å². The van der Waals surface area contributed by atoms with E-state index in [1.54, 1.807) is 6.92 Å². The van der Waals surface area contributed by atoms with Crippen LogP contribution in [0.4, 0.5) is 8.78 Å². The molecule has 0 aliphatic rings. The van der Waals surface area contributed by atoms with E-state index in [4.69, 9.17) is 5.11 Å². The van der Waals surface area contributed by atoms with Crippen molar-refractivity contribution >= 4 is 5.97 Å². The Hall–Kier alpha value is -1.49. The average Bonchev–Trinajstić information content (AvgIpc) is 2.33. The van der Waals surface area contributed by atoms with Gasteiger partial charge in [0, 0.05) is 18.7 Å². The third kappa shape index (κ3) is 4.28. The Balaban J connectivity index is 2.88. The summed E-state index contributed by atoms with van der Waals surface area (Å²) in [6.07, 6.45) is 0. The number of aliphatic carboxylic acids is 1. The maximum atomic E-state index is 13.2. The molecule has 0 bridgehead atoms. The van der Waals surface area contributed by atoms with E-state index >= 15 is 0 Å². The predicted octanol–water partition coefficient (Wildman–Crippen LogP) is 3.07. The molecule has 0 saturated heterocycles. The summed E-state index contributed by atoms with van der Waals surface area (Å²) in [5.74, 6) is -2.65. The van der Waals surface area contributed by atoms with Crippen LogP contribution < -0.4 is 0 Å². The summed E-state index contributed by atoms with van der Waals surface area (Å²) >= 11 is 0. The van der Waals surface area contributed by atoms with Gasteiger partial charge < -0.3 is 5.11 Å². The number of nitrogens with zero attached hydrogens (tertiary/aromatic N) is 1. The topological polar surface area (TPSA) is 40.5 Å². The highest BCUT2D eigenvalue weighted by atomic mass is 19.1. The van der Waals surface area contributed by atoms with Crippen LogP contribution in [0.5, 0.6) is 0 Å². The van der Waals surface area contributed by atoms with Crippen molar-refractivity contribution in [3.05, 3.63) is 35.4 Å². The van der Waals surface area contributed by atoms with Crippen molar-refractivity contribution in [1.29, 1.82) is 0 Å². The van der Waals surface area contributed by atoms with Crippen LogP contribution in [0, 0.1) is 17.6 Å². The summed E-state index contributed by atoms with van der Waals surface area (Å²) in [6.45, 7) is 6.26. The minimum absolute atomic E-state index is 0.239. The fraction of sp³-hybridized carbons (Fsp3) is 0.500. The van der Waals surface area contributed by atoms with Crippen LogP contribution in [-0.4, -0.2) is 29.1 Å². The van der Waals surface area contributed by atoms with Crippen LogP contribution in [0.3, 0.4) is 0 Å². The van der Waals surface area contributed by atoms with Gasteiger partial charge in [-0.25, -0.2) is 8.78 Å². The standard InChI is InChI=1S/C14H19F2NO2/c1-4-17(8-9(2)14(18)19)10(3)11-5-12(15)7-13(16)6-11/h5-7,9-10H,4,8H2,1-3H3,(H,18,19). The molecule has 0 heterocycles. The summed E-state index contributed by atoms with van der Waals surface area (Å²) in [5, 5.41) is 8.92. The fourth-order valence-corrected chi connectivity index (χ4v) is 2.02. The van der Waals surface area contributed by atoms with Gasteiger partial charge in [-0.1, -0.05) is 13.8 Å². The van der Waals surface area contributed by atoms with E-state index in [0.29, 0.717) is 18.7 Å². The molecular formula is C14H19F2NO2. The zero-order valence-corrected chi connectivity index (χ0v) is 11.4. The van der Waals surface area contributed by atoms with Crippen LogP contribution in [0.15, 0.2) is 18.2 Å². The normalized spacial score (nSPS) is 14.4. The van der Waals surface area contributed by atoms with Crippen molar-refractivity contribution in [1.82, 2.24) is 4.90 Å². The second kappa shape index (κ2) is 6.61. The Kier molecular flexibility index (Phi) is 5.42. The molecule has 0 radical (unpaired) electrons. The quantitative estimate of drug-likeness (QED) is 0.864. The summed E-state index contributed by atoms with van der Waals surface area (Å²) in [5.41, 5.74) is 0.511. The highest BCUT2D eigenvalue weighted by Crippen LogP contribution is 2.23. The molecule has 106 valence electrons. The van der Waals surface area contributed by atoms with Crippen LogP contribution in [-0.2, 0) is 4.79 Å². The molecule has 0 spiro atoms. The zero-order valence-electron chi connectivity index (χ0n) is 11.4. The Morgan fingerprint density at radius 2 is 1.79 bits per heavy atom. The molecule has 0 saturated carbocycles. The second-order valence-electron chi connectivity index (χ2n) is 4.71. The van der Waals surface area contributed by atoms with Gasteiger partial charge in [-0.3, -0.25) is 9.69 Å². The van der Waals surface area contributed by atoms with E-state index in [0.717, 1.165) is 6.07 Å². The molecule has 0 aromatic heterocycles. The highest BCUT2D eigenvalue weighted by Gasteiger charge is 2.21. The SMILES string of the molecule is CCN(CC(C)C(=O)O)C(C)c1cc(F)cc(F)c1. The molecule has 0 aliphatic heterocycles. The van der Waals surface area contributed by atoms with Crippen molar-refractivity contribution in [2.75, 3.05) is 13.1 Å². The summed E-state index contributed by atoms with van der Waals surface area (Å²) in [7, 11) is 0. The van der Waals surface area contributed by atoms with Crippen molar-refractivity contribution in [2.24, 2.45) is 5.92 Å². The largest absolute Gasteiger partial charge is 0.481 e. The Labute approximate surface area is 111 Å². The smallest absolute Gasteiger partial charge is 0.307 e. The summed E-state index contributed by atoms with van der Waals surface area (Å²) in [6, 6.07) is 3.15. The van der Waals surface area contributed by atoms with Crippen LogP contribution in [0.25, 0.3) is 0 Å². The van der Waals surface area contributed by atoms with E-state index in [-0.39, 0.29) is 6.04 Å². The third-order valence-electron chi connectivity index (χ3n) is 3.25. The molecule has 5 heteroatoms. The first kappa shape index (κ1) is 15.6. The molecule has 1 aromatic rings. The van der Waals surface area contributed by atoms with Gasteiger partial charge in [-0.05, 0) is 31.2 Å². The molecule has 0 fully saturated rings. The Morgan fingerprint density at radius 3 is 2.21 bits per heavy atom. The maximum Gasteiger partial charge on any atom is 0.307 e. The number of halogens is 2. The number of benzene rings is 1. The molecule has 2 atom stereocenters. The van der Waals surface area contributed by atoms with E-state index in [1.165, 1.54) is 12.1 Å². The lowest BCUT2D eigenvalue weighted by molar-refractivity contribution is -0.141. The van der Waals surface area contributed by atoms with Gasteiger partial charge in [0.05, 0.1) is 5.92 Å². The molecule has 1 N–H and O–H groups in total. The molecule has 1 aromatic carbocycles. The minimum atomic E-state index is -0.879. The molecular weight excluding hydrogens is 252 g/mol. The van der Waals surface area contributed by atoms with Gasteiger partial charge in [-0.15, -0.1) is 0 Å². The van der Waals surface area contributed by atoms with Crippen molar-refractivity contribution in [2.45, 2.75) is 26.8 Å². The lowest BCUT2D eigenvalue weighted by Crippen LogP contribution is -2.34. The van der Waals surface area contributed by atoms with E-state index in [2.05, 4.69) is 0 Å². The minimum Gasteiger partial charge on any atom is -0.481 e. The number of hydrogen-bond acceptors (Lipinski definition) is 2. The molecule has 19 heavy (non-hydrogen) atoms. The zero-order chi connectivity index (χ0) is 14.6. The van der Waals surface area contributed by atoms with Gasteiger partial charge in [0.15, 0.2) is 0 Å². The van der Waals surface area contributed by atoms with Gasteiger partial charge in [0.2, 0.25) is 0 Å². The first-order chi connectivity index (χ1) is 8.85. The van der Waals surface area contributed by atoms with Crippen molar-refractivity contribution in [3.63, 3.8) is 0 Å². The number of hydrogen-bond donors (Lipinski definition) is 1. The van der Waals surface area contributed by atoms with Crippen molar-refractivity contribution < 1.29 is 18.7 Å². The number of rotatable bonds is 6. The van der Waals surface area contributed by atoms with Crippen LogP contribution in [0.1, 0.15) is 32.4 Å². The lowest BCUT2D eigenvalue weighted by atomic mass is 10.0. The Morgan fingerprint density at radius 1 is 1.26 bits per heavy atom. The molecule has 0 amide bonds. The maximum absolute atomic E-state index is 13.2. The van der Waals surface area contributed by atoms with Gasteiger partial charge in [-0.2, -0.15) is 0 Å². The summed E-state index contributed by atoms with van der Waals surface area (Å²) < 4.78 is 26.4. The molecule has 3 nitrogen and oxygen atoms in total. The first-order valence-corrected chi connectivity index (χ1v) is 6.28. The summed E-state index contributed by atoms with van der Waals surface area (Å²) in [4.78, 5) is 12.8. The van der Waals surface area contributed by atoms with Gasteiger partial charge in [0.25, 0.3) is 0 Å². The molecule has 0 aliphatic carbocycles.